The second-order valence-corrected chi connectivity index (χ2v) is 4.67. The smallest absolute Gasteiger partial charge is 0.126 e. The van der Waals surface area contributed by atoms with Gasteiger partial charge in [0.25, 0.3) is 0 Å². The van der Waals surface area contributed by atoms with Gasteiger partial charge >= 0.3 is 0 Å². The van der Waals surface area contributed by atoms with E-state index in [1.807, 2.05) is 14.0 Å². The summed E-state index contributed by atoms with van der Waals surface area (Å²) < 4.78 is 14.9. The molecule has 0 amide bonds. The van der Waals surface area contributed by atoms with Crippen LogP contribution in [-0.2, 0) is 13.6 Å². The zero-order valence-corrected chi connectivity index (χ0v) is 11.3. The maximum absolute atomic E-state index is 13.1. The van der Waals surface area contributed by atoms with E-state index < -0.39 is 0 Å². The summed E-state index contributed by atoms with van der Waals surface area (Å²) in [6.45, 7) is 4.16. The largest absolute Gasteiger partial charge is 0.379 e. The second kappa shape index (κ2) is 4.98. The number of aromatic nitrogens is 2. The number of hydrogen-bond donors (Lipinski definition) is 1. The molecule has 5 heteroatoms. The van der Waals surface area contributed by atoms with Crippen molar-refractivity contribution in [3.8, 4) is 0 Å². The van der Waals surface area contributed by atoms with Crippen molar-refractivity contribution in [1.82, 2.24) is 9.78 Å². The monoisotopic (exact) mass is 267 g/mol. The number of rotatable bonds is 3. The molecule has 0 bridgehead atoms. The Morgan fingerprint density at radius 1 is 1.39 bits per heavy atom. The van der Waals surface area contributed by atoms with Crippen molar-refractivity contribution in [3.63, 3.8) is 0 Å². The van der Waals surface area contributed by atoms with Crippen LogP contribution in [0, 0.1) is 19.7 Å². The van der Waals surface area contributed by atoms with Crippen LogP contribution in [-0.4, -0.2) is 9.78 Å². The van der Waals surface area contributed by atoms with Gasteiger partial charge in [0.15, 0.2) is 0 Å². The highest BCUT2D eigenvalue weighted by Crippen LogP contribution is 2.21. The van der Waals surface area contributed by atoms with Gasteiger partial charge in [0.05, 0.1) is 23.0 Å². The first-order valence-corrected chi connectivity index (χ1v) is 6.05. The number of halogens is 2. The lowest BCUT2D eigenvalue weighted by Gasteiger charge is -2.08. The van der Waals surface area contributed by atoms with Gasteiger partial charge in [-0.15, -0.1) is 0 Å². The predicted molar refractivity (Wildman–Crippen MR) is 71.4 cm³/mol. The molecule has 0 aliphatic carbocycles. The summed E-state index contributed by atoms with van der Waals surface area (Å²) in [6.07, 6.45) is 0. The molecule has 0 atom stereocenters. The van der Waals surface area contributed by atoms with Crippen molar-refractivity contribution in [2.24, 2.45) is 7.05 Å². The van der Waals surface area contributed by atoms with Gasteiger partial charge in [0.2, 0.25) is 0 Å². The van der Waals surface area contributed by atoms with Crippen molar-refractivity contribution in [1.29, 1.82) is 0 Å². The van der Waals surface area contributed by atoms with Crippen molar-refractivity contribution in [2.45, 2.75) is 20.4 Å². The van der Waals surface area contributed by atoms with Crippen LogP contribution in [0.25, 0.3) is 0 Å². The molecule has 1 aromatic carbocycles. The van der Waals surface area contributed by atoms with Crippen LogP contribution >= 0.6 is 11.6 Å². The van der Waals surface area contributed by atoms with E-state index in [0.717, 1.165) is 17.1 Å². The zero-order valence-electron chi connectivity index (χ0n) is 10.6. The van der Waals surface area contributed by atoms with Crippen LogP contribution in [0.2, 0.25) is 5.02 Å². The molecule has 0 radical (unpaired) electrons. The molecule has 1 aromatic heterocycles. The van der Waals surface area contributed by atoms with Gasteiger partial charge in [-0.1, -0.05) is 11.6 Å². The molecule has 3 nitrogen and oxygen atoms in total. The highest BCUT2D eigenvalue weighted by molar-refractivity contribution is 6.31. The summed E-state index contributed by atoms with van der Waals surface area (Å²) in [5, 5.41) is 8.12. The Kier molecular flexibility index (Phi) is 3.57. The second-order valence-electron chi connectivity index (χ2n) is 4.29. The van der Waals surface area contributed by atoms with Gasteiger partial charge < -0.3 is 5.32 Å². The molecular formula is C13H15ClFN3. The molecule has 1 heterocycles. The van der Waals surface area contributed by atoms with Gasteiger partial charge in [-0.2, -0.15) is 5.10 Å². The molecule has 0 unspecified atom stereocenters. The minimum Gasteiger partial charge on any atom is -0.379 e. The summed E-state index contributed by atoms with van der Waals surface area (Å²) in [5.74, 6) is -0.199. The molecule has 2 rings (SSSR count). The maximum atomic E-state index is 13.1. The lowest BCUT2D eigenvalue weighted by atomic mass is 10.2. The Labute approximate surface area is 111 Å². The Morgan fingerprint density at radius 3 is 2.67 bits per heavy atom. The van der Waals surface area contributed by atoms with Gasteiger partial charge in [0, 0.05) is 12.7 Å². The van der Waals surface area contributed by atoms with Crippen LogP contribution in [0.4, 0.5) is 10.1 Å². The van der Waals surface area contributed by atoms with Gasteiger partial charge in [-0.25, -0.2) is 4.39 Å². The number of nitrogens with zero attached hydrogens (tertiary/aromatic N) is 2. The van der Waals surface area contributed by atoms with Gasteiger partial charge in [-0.05, 0) is 37.6 Å². The fourth-order valence-electron chi connectivity index (χ4n) is 1.81. The van der Waals surface area contributed by atoms with Crippen LogP contribution in [0.3, 0.4) is 0 Å². The molecule has 18 heavy (non-hydrogen) atoms. The van der Waals surface area contributed by atoms with Crippen molar-refractivity contribution in [3.05, 3.63) is 46.0 Å². The van der Waals surface area contributed by atoms with E-state index in [-0.39, 0.29) is 5.82 Å². The highest BCUT2D eigenvalue weighted by Gasteiger charge is 2.10. The number of nitrogens with one attached hydrogen (secondary N) is 1. The van der Waals surface area contributed by atoms with Crippen LogP contribution < -0.4 is 5.32 Å². The average Bonchev–Trinajstić information content (AvgIpc) is 2.56. The molecule has 2 aromatic rings. The topological polar surface area (TPSA) is 29.9 Å². The highest BCUT2D eigenvalue weighted by atomic mass is 35.5. The Hall–Kier alpha value is -1.55. The molecule has 96 valence electrons. The fourth-order valence-corrected chi connectivity index (χ4v) is 2.04. The Balaban J connectivity index is 2.14. The van der Waals surface area contributed by atoms with Gasteiger partial charge in [0.1, 0.15) is 5.82 Å². The number of aryl methyl sites for hydroxylation is 3. The summed E-state index contributed by atoms with van der Waals surface area (Å²) in [6, 6.07) is 4.93. The third-order valence-corrected chi connectivity index (χ3v) is 3.37. The molecule has 0 saturated heterocycles. The summed E-state index contributed by atoms with van der Waals surface area (Å²) in [5.41, 5.74) is 3.21. The van der Waals surface area contributed by atoms with E-state index in [2.05, 4.69) is 10.4 Å². The SMILES string of the molecule is Cc1cc(NCc2c(Cl)c(C)nn2C)ccc1F. The van der Waals surface area contributed by atoms with E-state index >= 15 is 0 Å². The lowest BCUT2D eigenvalue weighted by Crippen LogP contribution is -2.06. The summed E-state index contributed by atoms with van der Waals surface area (Å²) in [7, 11) is 1.85. The van der Waals surface area contributed by atoms with Crippen LogP contribution in [0.15, 0.2) is 18.2 Å². The first kappa shape index (κ1) is 12.9. The summed E-state index contributed by atoms with van der Waals surface area (Å²) in [4.78, 5) is 0. The molecule has 0 saturated carbocycles. The van der Waals surface area contributed by atoms with E-state index in [1.54, 1.807) is 23.7 Å². The molecule has 0 fully saturated rings. The molecule has 0 aliphatic rings. The fraction of sp³-hybridized carbons (Fsp3) is 0.308. The minimum absolute atomic E-state index is 0.199. The quantitative estimate of drug-likeness (QED) is 0.923. The average molecular weight is 268 g/mol. The maximum Gasteiger partial charge on any atom is 0.126 e. The third-order valence-electron chi connectivity index (χ3n) is 2.88. The van der Waals surface area contributed by atoms with E-state index in [1.165, 1.54) is 6.07 Å². The zero-order chi connectivity index (χ0) is 13.3. The molecular weight excluding hydrogens is 253 g/mol. The van der Waals surface area contributed by atoms with Crippen molar-refractivity contribution < 1.29 is 4.39 Å². The van der Waals surface area contributed by atoms with E-state index in [9.17, 15) is 4.39 Å². The first-order chi connectivity index (χ1) is 8.49. The number of benzene rings is 1. The summed E-state index contributed by atoms with van der Waals surface area (Å²) >= 11 is 6.15. The molecule has 0 aliphatic heterocycles. The third kappa shape index (κ3) is 2.48. The van der Waals surface area contributed by atoms with Crippen molar-refractivity contribution in [2.75, 3.05) is 5.32 Å². The van der Waals surface area contributed by atoms with Crippen molar-refractivity contribution >= 4 is 17.3 Å². The van der Waals surface area contributed by atoms with E-state index in [4.69, 9.17) is 11.6 Å². The molecule has 1 N–H and O–H groups in total. The number of anilines is 1. The normalized spacial score (nSPS) is 10.7. The predicted octanol–water partition coefficient (Wildman–Crippen LogP) is 3.44. The number of hydrogen-bond acceptors (Lipinski definition) is 2. The minimum atomic E-state index is -0.199. The lowest BCUT2D eigenvalue weighted by molar-refractivity contribution is 0.618. The van der Waals surface area contributed by atoms with E-state index in [0.29, 0.717) is 17.1 Å². The van der Waals surface area contributed by atoms with Gasteiger partial charge in [-0.3, -0.25) is 4.68 Å². The van der Waals surface area contributed by atoms with Crippen LogP contribution in [0.5, 0.6) is 0 Å². The Morgan fingerprint density at radius 2 is 2.11 bits per heavy atom. The van der Waals surface area contributed by atoms with Crippen LogP contribution in [0.1, 0.15) is 17.0 Å². The molecule has 0 spiro atoms. The first-order valence-electron chi connectivity index (χ1n) is 5.67. The Bertz CT molecular complexity index is 578. The standard InChI is InChI=1S/C13H15ClFN3/c1-8-6-10(4-5-11(8)15)16-7-12-13(14)9(2)17-18(12)3/h4-6,16H,7H2,1-3H3.